The van der Waals surface area contributed by atoms with Crippen molar-refractivity contribution in [2.24, 2.45) is 7.05 Å². The average Bonchev–Trinajstić information content (AvgIpc) is 2.91. The Morgan fingerprint density at radius 1 is 1.42 bits per heavy atom. The first-order valence-corrected chi connectivity index (χ1v) is 6.28. The molecule has 1 amide bonds. The molecule has 3 rings (SSSR count). The summed E-state index contributed by atoms with van der Waals surface area (Å²) in [7, 11) is 3.86. The topological polar surface area (TPSA) is 59.0 Å². The zero-order valence-corrected chi connectivity index (χ0v) is 11.0. The quantitative estimate of drug-likeness (QED) is 0.870. The molecule has 2 heterocycles. The number of anilines is 1. The summed E-state index contributed by atoms with van der Waals surface area (Å²) >= 11 is 0. The molecule has 5 nitrogen and oxygen atoms in total. The van der Waals surface area contributed by atoms with Crippen molar-refractivity contribution >= 4 is 11.6 Å². The molecule has 1 aromatic heterocycles. The molecular weight excluding hydrogens is 240 g/mol. The molecule has 2 N–H and O–H groups in total. The molecule has 5 heteroatoms. The van der Waals surface area contributed by atoms with Crippen molar-refractivity contribution in [3.8, 4) is 11.3 Å². The Kier molecular flexibility index (Phi) is 2.83. The van der Waals surface area contributed by atoms with E-state index in [1.807, 2.05) is 37.0 Å². The van der Waals surface area contributed by atoms with Gasteiger partial charge in [-0.25, -0.2) is 0 Å². The molecule has 0 bridgehead atoms. The Morgan fingerprint density at radius 3 is 3.05 bits per heavy atom. The Morgan fingerprint density at radius 2 is 2.26 bits per heavy atom. The van der Waals surface area contributed by atoms with Crippen molar-refractivity contribution in [1.82, 2.24) is 15.1 Å². The van der Waals surface area contributed by atoms with Gasteiger partial charge in [-0.2, -0.15) is 5.10 Å². The minimum atomic E-state index is 0.0593. The van der Waals surface area contributed by atoms with E-state index < -0.39 is 0 Å². The predicted octanol–water partition coefficient (Wildman–Crippen LogP) is 1.30. The highest BCUT2D eigenvalue weighted by atomic mass is 16.1. The number of amides is 1. The van der Waals surface area contributed by atoms with Crippen molar-refractivity contribution in [1.29, 1.82) is 0 Å². The van der Waals surface area contributed by atoms with Crippen LogP contribution in [0, 0.1) is 0 Å². The average molecular weight is 256 g/mol. The molecule has 2 aromatic rings. The van der Waals surface area contributed by atoms with Crippen molar-refractivity contribution in [3.05, 3.63) is 35.5 Å². The van der Waals surface area contributed by atoms with Gasteiger partial charge in [0.2, 0.25) is 5.91 Å². The Hall–Kier alpha value is -2.14. The van der Waals surface area contributed by atoms with Crippen molar-refractivity contribution in [2.75, 3.05) is 12.4 Å². The first-order valence-electron chi connectivity index (χ1n) is 6.28. The fourth-order valence-electron chi connectivity index (χ4n) is 2.38. The molecule has 98 valence electrons. The lowest BCUT2D eigenvalue weighted by Gasteiger charge is -2.01. The summed E-state index contributed by atoms with van der Waals surface area (Å²) < 4.78 is 1.88. The molecule has 0 atom stereocenters. The number of hydrogen-bond acceptors (Lipinski definition) is 3. The normalized spacial score (nSPS) is 13.5. The maximum absolute atomic E-state index is 11.4. The van der Waals surface area contributed by atoms with Crippen LogP contribution >= 0.6 is 0 Å². The molecule has 0 saturated heterocycles. The van der Waals surface area contributed by atoms with Crippen molar-refractivity contribution < 1.29 is 4.79 Å². The van der Waals surface area contributed by atoms with Gasteiger partial charge in [-0.1, -0.05) is 6.07 Å². The van der Waals surface area contributed by atoms with Crippen LogP contribution in [0.25, 0.3) is 11.3 Å². The second-order valence-corrected chi connectivity index (χ2v) is 4.77. The highest BCUT2D eigenvalue weighted by Crippen LogP contribution is 2.28. The molecule has 1 aromatic carbocycles. The first kappa shape index (κ1) is 11.9. The number of hydrogen-bond donors (Lipinski definition) is 2. The van der Waals surface area contributed by atoms with Crippen LogP contribution in [0.3, 0.4) is 0 Å². The summed E-state index contributed by atoms with van der Waals surface area (Å²) in [5.74, 6) is 0.0593. The largest absolute Gasteiger partial charge is 0.326 e. The van der Waals surface area contributed by atoms with Gasteiger partial charge in [-0.15, -0.1) is 0 Å². The number of carbonyl (C=O) groups is 1. The number of aromatic nitrogens is 2. The number of nitrogens with one attached hydrogen (secondary N) is 2. The van der Waals surface area contributed by atoms with E-state index >= 15 is 0 Å². The monoisotopic (exact) mass is 256 g/mol. The minimum absolute atomic E-state index is 0.0593. The van der Waals surface area contributed by atoms with Gasteiger partial charge >= 0.3 is 0 Å². The maximum atomic E-state index is 11.4. The molecule has 19 heavy (non-hydrogen) atoms. The van der Waals surface area contributed by atoms with Gasteiger partial charge in [-0.05, 0) is 30.8 Å². The van der Waals surface area contributed by atoms with E-state index in [2.05, 4.69) is 21.8 Å². The standard InChI is InChI=1S/C14H16N4O/c1-15-8-11-7-13(17-18(11)2)9-3-4-12-10(5-9)6-14(19)16-12/h3-5,7,15H,6,8H2,1-2H3,(H,16,19). The summed E-state index contributed by atoms with van der Waals surface area (Å²) in [6.07, 6.45) is 0.458. The van der Waals surface area contributed by atoms with Crippen molar-refractivity contribution in [3.63, 3.8) is 0 Å². The molecule has 1 aliphatic heterocycles. The molecule has 0 saturated carbocycles. The summed E-state index contributed by atoms with van der Waals surface area (Å²) in [4.78, 5) is 11.4. The van der Waals surface area contributed by atoms with Gasteiger partial charge < -0.3 is 10.6 Å². The maximum Gasteiger partial charge on any atom is 0.228 e. The van der Waals surface area contributed by atoms with E-state index in [1.54, 1.807) is 0 Å². The zero-order chi connectivity index (χ0) is 13.4. The fourth-order valence-corrected chi connectivity index (χ4v) is 2.38. The van der Waals surface area contributed by atoms with Gasteiger partial charge in [0.15, 0.2) is 0 Å². The van der Waals surface area contributed by atoms with Gasteiger partial charge in [0.25, 0.3) is 0 Å². The molecule has 1 aliphatic rings. The van der Waals surface area contributed by atoms with Crippen LogP contribution < -0.4 is 10.6 Å². The lowest BCUT2D eigenvalue weighted by atomic mass is 10.1. The van der Waals surface area contributed by atoms with E-state index in [9.17, 15) is 4.79 Å². The Labute approximate surface area is 111 Å². The number of nitrogens with zero attached hydrogens (tertiary/aromatic N) is 2. The molecule has 0 unspecified atom stereocenters. The SMILES string of the molecule is CNCc1cc(-c2ccc3c(c2)CC(=O)N3)nn1C. The molecule has 0 aliphatic carbocycles. The second kappa shape index (κ2) is 4.51. The minimum Gasteiger partial charge on any atom is -0.326 e. The second-order valence-electron chi connectivity index (χ2n) is 4.77. The number of benzene rings is 1. The third-order valence-electron chi connectivity index (χ3n) is 3.36. The van der Waals surface area contributed by atoms with E-state index in [0.29, 0.717) is 6.42 Å². The van der Waals surface area contributed by atoms with Crippen LogP contribution in [0.1, 0.15) is 11.3 Å². The van der Waals surface area contributed by atoms with E-state index in [1.165, 1.54) is 0 Å². The smallest absolute Gasteiger partial charge is 0.228 e. The van der Waals surface area contributed by atoms with Crippen LogP contribution in [0.4, 0.5) is 5.69 Å². The van der Waals surface area contributed by atoms with E-state index in [4.69, 9.17) is 0 Å². The van der Waals surface area contributed by atoms with Crippen molar-refractivity contribution in [2.45, 2.75) is 13.0 Å². The predicted molar refractivity (Wildman–Crippen MR) is 73.7 cm³/mol. The van der Waals surface area contributed by atoms with Crippen LogP contribution in [0.2, 0.25) is 0 Å². The van der Waals surface area contributed by atoms with Gasteiger partial charge in [0.1, 0.15) is 0 Å². The highest BCUT2D eigenvalue weighted by molar-refractivity contribution is 5.99. The first-order chi connectivity index (χ1) is 9.17. The van der Waals surface area contributed by atoms with Crippen LogP contribution in [0.5, 0.6) is 0 Å². The van der Waals surface area contributed by atoms with Crippen LogP contribution in [0.15, 0.2) is 24.3 Å². The Balaban J connectivity index is 1.97. The summed E-state index contributed by atoms with van der Waals surface area (Å²) in [6, 6.07) is 8.05. The van der Waals surface area contributed by atoms with Gasteiger partial charge in [0, 0.05) is 24.8 Å². The third-order valence-corrected chi connectivity index (χ3v) is 3.36. The molecule has 0 spiro atoms. The van der Waals surface area contributed by atoms with Gasteiger partial charge in [-0.3, -0.25) is 9.48 Å². The molecule has 0 radical (unpaired) electrons. The third kappa shape index (κ3) is 2.13. The summed E-state index contributed by atoms with van der Waals surface area (Å²) in [6.45, 7) is 0.786. The number of rotatable bonds is 3. The zero-order valence-electron chi connectivity index (χ0n) is 11.0. The number of aryl methyl sites for hydroxylation is 1. The van der Waals surface area contributed by atoms with Gasteiger partial charge in [0.05, 0.1) is 17.8 Å². The molecule has 0 fully saturated rings. The summed E-state index contributed by atoms with van der Waals surface area (Å²) in [5.41, 5.74) is 5.08. The number of fused-ring (bicyclic) bond motifs is 1. The number of carbonyl (C=O) groups excluding carboxylic acids is 1. The van der Waals surface area contributed by atoms with Crippen LogP contribution in [-0.2, 0) is 24.8 Å². The summed E-state index contributed by atoms with van der Waals surface area (Å²) in [5, 5.41) is 10.5. The Bertz CT molecular complexity index is 645. The molecular formula is C14H16N4O. The van der Waals surface area contributed by atoms with E-state index in [-0.39, 0.29) is 5.91 Å². The lowest BCUT2D eigenvalue weighted by Crippen LogP contribution is -2.09. The highest BCUT2D eigenvalue weighted by Gasteiger charge is 2.18. The lowest BCUT2D eigenvalue weighted by molar-refractivity contribution is -0.115. The van der Waals surface area contributed by atoms with Crippen LogP contribution in [-0.4, -0.2) is 22.7 Å². The fraction of sp³-hybridized carbons (Fsp3) is 0.286. The van der Waals surface area contributed by atoms with E-state index in [0.717, 1.165) is 34.7 Å².